The van der Waals surface area contributed by atoms with E-state index in [0.29, 0.717) is 6.61 Å². The molecule has 0 radical (unpaired) electrons. The summed E-state index contributed by atoms with van der Waals surface area (Å²) in [6.07, 6.45) is 1.33. The first-order valence-corrected chi connectivity index (χ1v) is 5.93. The van der Waals surface area contributed by atoms with Crippen molar-refractivity contribution in [2.24, 2.45) is 0 Å². The van der Waals surface area contributed by atoms with Gasteiger partial charge in [-0.1, -0.05) is 12.1 Å². The van der Waals surface area contributed by atoms with E-state index in [-0.39, 0.29) is 0 Å². The Kier molecular flexibility index (Phi) is 3.54. The van der Waals surface area contributed by atoms with Crippen molar-refractivity contribution in [2.75, 3.05) is 0 Å². The normalized spacial score (nSPS) is 12.4. The van der Waals surface area contributed by atoms with Crippen LogP contribution in [-0.2, 0) is 6.61 Å². The van der Waals surface area contributed by atoms with Gasteiger partial charge in [0.05, 0.1) is 6.10 Å². The molecule has 16 heavy (non-hydrogen) atoms. The van der Waals surface area contributed by atoms with E-state index in [2.05, 4.69) is 4.98 Å². The van der Waals surface area contributed by atoms with Gasteiger partial charge in [-0.15, -0.1) is 11.3 Å². The highest BCUT2D eigenvalue weighted by atomic mass is 32.1. The molecule has 1 aromatic heterocycles. The summed E-state index contributed by atoms with van der Waals surface area (Å²) < 4.78 is 5.55. The first kappa shape index (κ1) is 11.1. The molecule has 1 heterocycles. The molecule has 0 saturated heterocycles. The number of benzene rings is 1. The van der Waals surface area contributed by atoms with Crippen LogP contribution in [0.15, 0.2) is 35.8 Å². The highest BCUT2D eigenvalue weighted by Gasteiger charge is 2.01. The lowest BCUT2D eigenvalue weighted by atomic mass is 10.1. The number of aliphatic hydroxyl groups excluding tert-OH is 1. The Labute approximate surface area is 98.4 Å². The highest BCUT2D eigenvalue weighted by Crippen LogP contribution is 2.18. The third-order valence-corrected chi connectivity index (χ3v) is 2.96. The van der Waals surface area contributed by atoms with Crippen molar-refractivity contribution in [1.29, 1.82) is 0 Å². The zero-order valence-corrected chi connectivity index (χ0v) is 9.78. The molecule has 0 aliphatic rings. The van der Waals surface area contributed by atoms with Gasteiger partial charge >= 0.3 is 0 Å². The maximum Gasteiger partial charge on any atom is 0.140 e. The number of nitrogens with zero attached hydrogens (tertiary/aromatic N) is 1. The van der Waals surface area contributed by atoms with E-state index in [1.807, 2.05) is 29.6 Å². The Morgan fingerprint density at radius 3 is 2.69 bits per heavy atom. The Balaban J connectivity index is 1.95. The van der Waals surface area contributed by atoms with Gasteiger partial charge in [-0.2, -0.15) is 0 Å². The number of aliphatic hydroxyl groups is 1. The third kappa shape index (κ3) is 2.81. The summed E-state index contributed by atoms with van der Waals surface area (Å²) in [5.41, 5.74) is 0.890. The van der Waals surface area contributed by atoms with Crippen LogP contribution in [0, 0.1) is 0 Å². The Bertz CT molecular complexity index is 423. The highest BCUT2D eigenvalue weighted by molar-refractivity contribution is 7.09. The molecule has 0 amide bonds. The molecule has 0 fully saturated rings. The van der Waals surface area contributed by atoms with Gasteiger partial charge in [0, 0.05) is 11.6 Å². The van der Waals surface area contributed by atoms with Crippen LogP contribution in [0.4, 0.5) is 0 Å². The van der Waals surface area contributed by atoms with Crippen LogP contribution in [-0.4, -0.2) is 10.1 Å². The molecule has 1 N–H and O–H groups in total. The first-order chi connectivity index (χ1) is 7.75. The molecule has 0 spiro atoms. The maximum absolute atomic E-state index is 9.35. The minimum atomic E-state index is -0.437. The Morgan fingerprint density at radius 1 is 1.38 bits per heavy atom. The van der Waals surface area contributed by atoms with E-state index in [0.717, 1.165) is 16.3 Å². The largest absolute Gasteiger partial charge is 0.486 e. The van der Waals surface area contributed by atoms with E-state index in [9.17, 15) is 5.11 Å². The molecule has 3 nitrogen and oxygen atoms in total. The van der Waals surface area contributed by atoms with Crippen LogP contribution >= 0.6 is 11.3 Å². The molecule has 2 aromatic rings. The van der Waals surface area contributed by atoms with Crippen LogP contribution in [0.1, 0.15) is 23.6 Å². The third-order valence-electron chi connectivity index (χ3n) is 2.21. The average Bonchev–Trinajstić information content (AvgIpc) is 2.80. The molecule has 84 valence electrons. The zero-order valence-electron chi connectivity index (χ0n) is 8.96. The summed E-state index contributed by atoms with van der Waals surface area (Å²) >= 11 is 1.57. The van der Waals surface area contributed by atoms with Gasteiger partial charge in [0.15, 0.2) is 0 Å². The average molecular weight is 235 g/mol. The van der Waals surface area contributed by atoms with Crippen molar-refractivity contribution >= 4 is 11.3 Å². The smallest absolute Gasteiger partial charge is 0.140 e. The lowest BCUT2D eigenvalue weighted by Gasteiger charge is -2.07. The molecule has 0 bridgehead atoms. The quantitative estimate of drug-likeness (QED) is 0.886. The molecule has 1 atom stereocenters. The van der Waals surface area contributed by atoms with E-state index < -0.39 is 6.10 Å². The van der Waals surface area contributed by atoms with E-state index >= 15 is 0 Å². The lowest BCUT2D eigenvalue weighted by Crippen LogP contribution is -1.95. The van der Waals surface area contributed by atoms with Crippen molar-refractivity contribution < 1.29 is 9.84 Å². The minimum Gasteiger partial charge on any atom is -0.486 e. The number of hydrogen-bond donors (Lipinski definition) is 1. The van der Waals surface area contributed by atoms with Gasteiger partial charge in [-0.25, -0.2) is 4.98 Å². The standard InChI is InChI=1S/C12H13NO2S/c1-9(14)10-2-4-11(5-3-10)15-8-12-13-6-7-16-12/h2-7,9,14H,8H2,1H3/t9-/m0/s1. The van der Waals surface area contributed by atoms with E-state index in [4.69, 9.17) is 4.74 Å². The van der Waals surface area contributed by atoms with E-state index in [1.54, 1.807) is 24.5 Å². The molecule has 4 heteroatoms. The first-order valence-electron chi connectivity index (χ1n) is 5.05. The van der Waals surface area contributed by atoms with Crippen molar-refractivity contribution in [1.82, 2.24) is 4.98 Å². The van der Waals surface area contributed by atoms with Gasteiger partial charge in [0.1, 0.15) is 17.4 Å². The van der Waals surface area contributed by atoms with E-state index in [1.165, 1.54) is 0 Å². The molecular weight excluding hydrogens is 222 g/mol. The van der Waals surface area contributed by atoms with Gasteiger partial charge in [0.25, 0.3) is 0 Å². The van der Waals surface area contributed by atoms with Gasteiger partial charge in [-0.3, -0.25) is 0 Å². The lowest BCUT2D eigenvalue weighted by molar-refractivity contribution is 0.199. The fourth-order valence-electron chi connectivity index (χ4n) is 1.31. The molecule has 1 aromatic carbocycles. The summed E-state index contributed by atoms with van der Waals surface area (Å²) in [5.74, 6) is 0.791. The molecule has 2 rings (SSSR count). The molecular formula is C12H13NO2S. The second kappa shape index (κ2) is 5.09. The zero-order chi connectivity index (χ0) is 11.4. The Hall–Kier alpha value is -1.39. The molecule has 0 aliphatic heterocycles. The number of thiazole rings is 1. The van der Waals surface area contributed by atoms with Crippen molar-refractivity contribution in [3.05, 3.63) is 46.4 Å². The number of hydrogen-bond acceptors (Lipinski definition) is 4. The van der Waals surface area contributed by atoms with Gasteiger partial charge in [0.2, 0.25) is 0 Å². The van der Waals surface area contributed by atoms with Crippen molar-refractivity contribution in [2.45, 2.75) is 19.6 Å². The number of rotatable bonds is 4. The summed E-state index contributed by atoms with van der Waals surface area (Å²) in [4.78, 5) is 4.13. The minimum absolute atomic E-state index is 0.437. The number of ether oxygens (including phenoxy) is 1. The fraction of sp³-hybridized carbons (Fsp3) is 0.250. The van der Waals surface area contributed by atoms with Crippen LogP contribution in [0.2, 0.25) is 0 Å². The van der Waals surface area contributed by atoms with Crippen LogP contribution < -0.4 is 4.74 Å². The van der Waals surface area contributed by atoms with Crippen LogP contribution in [0.25, 0.3) is 0 Å². The number of aromatic nitrogens is 1. The SMILES string of the molecule is C[C@H](O)c1ccc(OCc2nccs2)cc1. The Morgan fingerprint density at radius 2 is 2.12 bits per heavy atom. The second-order valence-electron chi connectivity index (χ2n) is 3.46. The predicted octanol–water partition coefficient (Wildman–Crippen LogP) is 2.78. The van der Waals surface area contributed by atoms with Crippen LogP contribution in [0.5, 0.6) is 5.75 Å². The molecule has 0 saturated carbocycles. The van der Waals surface area contributed by atoms with Gasteiger partial charge in [-0.05, 0) is 24.6 Å². The van der Waals surface area contributed by atoms with Crippen molar-refractivity contribution in [3.63, 3.8) is 0 Å². The fourth-order valence-corrected chi connectivity index (χ4v) is 1.84. The summed E-state index contributed by atoms with van der Waals surface area (Å²) in [6.45, 7) is 2.23. The van der Waals surface area contributed by atoms with Gasteiger partial charge < -0.3 is 9.84 Å². The predicted molar refractivity (Wildman–Crippen MR) is 63.5 cm³/mol. The maximum atomic E-state index is 9.35. The van der Waals surface area contributed by atoms with Crippen molar-refractivity contribution in [3.8, 4) is 5.75 Å². The molecule has 0 unspecified atom stereocenters. The summed E-state index contributed by atoms with van der Waals surface area (Å²) in [6, 6.07) is 7.44. The summed E-state index contributed by atoms with van der Waals surface area (Å²) in [5, 5.41) is 12.2. The molecule has 0 aliphatic carbocycles. The second-order valence-corrected chi connectivity index (χ2v) is 4.44. The monoisotopic (exact) mass is 235 g/mol. The van der Waals surface area contributed by atoms with Crippen LogP contribution in [0.3, 0.4) is 0 Å². The topological polar surface area (TPSA) is 42.4 Å². The summed E-state index contributed by atoms with van der Waals surface area (Å²) in [7, 11) is 0.